The van der Waals surface area contributed by atoms with E-state index in [1.165, 1.54) is 17.0 Å². The van der Waals surface area contributed by atoms with Crippen molar-refractivity contribution in [3.8, 4) is 0 Å². The maximum Gasteiger partial charge on any atom is 0.264 e. The van der Waals surface area contributed by atoms with Crippen LogP contribution >= 0.6 is 11.6 Å². The summed E-state index contributed by atoms with van der Waals surface area (Å²) >= 11 is 6.41. The molecule has 1 aliphatic carbocycles. The third-order valence-corrected chi connectivity index (χ3v) is 10.1. The number of sulfonamides is 1. The van der Waals surface area contributed by atoms with Crippen LogP contribution in [0.5, 0.6) is 0 Å². The molecule has 42 heavy (non-hydrogen) atoms. The molecule has 1 aliphatic rings. The Hall–Kier alpha value is -3.36. The minimum Gasteiger partial charge on any atom is -0.352 e. The Morgan fingerprint density at radius 3 is 2.24 bits per heavy atom. The second-order valence-electron chi connectivity index (χ2n) is 11.0. The van der Waals surface area contributed by atoms with Crippen LogP contribution in [0, 0.1) is 13.8 Å². The van der Waals surface area contributed by atoms with Gasteiger partial charge in [0.05, 0.1) is 10.6 Å². The van der Waals surface area contributed by atoms with Gasteiger partial charge in [0.2, 0.25) is 11.8 Å². The van der Waals surface area contributed by atoms with E-state index in [4.69, 9.17) is 11.6 Å². The largest absolute Gasteiger partial charge is 0.352 e. The highest BCUT2D eigenvalue weighted by Gasteiger charge is 2.35. The van der Waals surface area contributed by atoms with E-state index in [-0.39, 0.29) is 23.4 Å². The van der Waals surface area contributed by atoms with Crippen molar-refractivity contribution in [1.82, 2.24) is 10.2 Å². The van der Waals surface area contributed by atoms with Crippen LogP contribution in [-0.4, -0.2) is 43.8 Å². The van der Waals surface area contributed by atoms with Gasteiger partial charge >= 0.3 is 0 Å². The number of nitrogens with one attached hydrogen (secondary N) is 1. The molecule has 2 amide bonds. The summed E-state index contributed by atoms with van der Waals surface area (Å²) in [6.07, 6.45) is 5.53. The molecule has 0 radical (unpaired) electrons. The van der Waals surface area contributed by atoms with Crippen molar-refractivity contribution in [3.63, 3.8) is 0 Å². The van der Waals surface area contributed by atoms with Gasteiger partial charge in [0.25, 0.3) is 10.0 Å². The van der Waals surface area contributed by atoms with Crippen molar-refractivity contribution >= 4 is 39.1 Å². The lowest BCUT2D eigenvalue weighted by molar-refractivity contribution is -0.140. The lowest BCUT2D eigenvalue weighted by atomic mass is 9.95. The Bertz CT molecular complexity index is 1470. The topological polar surface area (TPSA) is 86.8 Å². The number of aryl methyl sites for hydroxylation is 1. The average Bonchev–Trinajstić information content (AvgIpc) is 2.99. The van der Waals surface area contributed by atoms with Crippen LogP contribution in [0.25, 0.3) is 0 Å². The molecule has 1 N–H and O–H groups in total. The van der Waals surface area contributed by atoms with Gasteiger partial charge in [-0.05, 0) is 68.5 Å². The van der Waals surface area contributed by atoms with Crippen LogP contribution in [-0.2, 0) is 26.2 Å². The van der Waals surface area contributed by atoms with Crippen molar-refractivity contribution in [2.45, 2.75) is 82.8 Å². The molecular weight excluding hydrogens is 570 g/mol. The summed E-state index contributed by atoms with van der Waals surface area (Å²) in [4.78, 5) is 29.5. The Kier molecular flexibility index (Phi) is 10.7. The first-order chi connectivity index (χ1) is 20.1. The highest BCUT2D eigenvalue weighted by molar-refractivity contribution is 7.92. The van der Waals surface area contributed by atoms with E-state index in [9.17, 15) is 18.0 Å². The van der Waals surface area contributed by atoms with E-state index in [0.717, 1.165) is 47.5 Å². The summed E-state index contributed by atoms with van der Waals surface area (Å²) in [6, 6.07) is 20.1. The molecule has 224 valence electrons. The number of benzene rings is 3. The number of anilines is 1. The molecule has 4 rings (SSSR count). The van der Waals surface area contributed by atoms with Gasteiger partial charge in [-0.25, -0.2) is 8.42 Å². The molecule has 1 atom stereocenters. The minimum absolute atomic E-state index is 0.0596. The first-order valence-corrected chi connectivity index (χ1v) is 16.4. The van der Waals surface area contributed by atoms with Crippen LogP contribution in [0.3, 0.4) is 0 Å². The smallest absolute Gasteiger partial charge is 0.264 e. The van der Waals surface area contributed by atoms with Gasteiger partial charge in [0, 0.05) is 17.6 Å². The zero-order valence-corrected chi connectivity index (χ0v) is 26.1. The van der Waals surface area contributed by atoms with E-state index >= 15 is 0 Å². The molecule has 1 fully saturated rings. The Labute approximate surface area is 254 Å². The van der Waals surface area contributed by atoms with E-state index in [1.54, 1.807) is 43.3 Å². The molecule has 0 saturated heterocycles. The Morgan fingerprint density at radius 2 is 1.60 bits per heavy atom. The van der Waals surface area contributed by atoms with Crippen molar-refractivity contribution < 1.29 is 18.0 Å². The van der Waals surface area contributed by atoms with Crippen LogP contribution < -0.4 is 9.62 Å². The first-order valence-electron chi connectivity index (χ1n) is 14.6. The SMILES string of the molecule is CC[C@@H](C(=O)NC1CCCCC1)N(Cc1ccc(C)cc1)C(=O)CN(c1cccc(Cl)c1C)S(=O)(=O)c1ccccc1. The Balaban J connectivity index is 1.72. The lowest BCUT2D eigenvalue weighted by Crippen LogP contribution is -2.54. The van der Waals surface area contributed by atoms with Gasteiger partial charge in [-0.2, -0.15) is 0 Å². The van der Waals surface area contributed by atoms with E-state index in [2.05, 4.69) is 5.32 Å². The lowest BCUT2D eigenvalue weighted by Gasteiger charge is -2.34. The molecule has 0 unspecified atom stereocenters. The fourth-order valence-electron chi connectivity index (χ4n) is 5.45. The summed E-state index contributed by atoms with van der Waals surface area (Å²) in [6.45, 7) is 5.27. The van der Waals surface area contributed by atoms with Gasteiger partial charge in [0.1, 0.15) is 12.6 Å². The molecule has 1 saturated carbocycles. The number of halogens is 1. The first kappa shape index (κ1) is 31.6. The van der Waals surface area contributed by atoms with Crippen LogP contribution in [0.1, 0.15) is 62.1 Å². The molecule has 9 heteroatoms. The number of carbonyl (C=O) groups excluding carboxylic acids is 2. The zero-order valence-electron chi connectivity index (χ0n) is 24.6. The number of nitrogens with zero attached hydrogens (tertiary/aromatic N) is 2. The highest BCUT2D eigenvalue weighted by Crippen LogP contribution is 2.31. The van der Waals surface area contributed by atoms with Crippen molar-refractivity contribution in [3.05, 3.63) is 94.5 Å². The Morgan fingerprint density at radius 1 is 0.929 bits per heavy atom. The molecule has 0 aliphatic heterocycles. The molecule has 0 aromatic heterocycles. The molecular formula is C33H40ClN3O4S. The summed E-state index contributed by atoms with van der Waals surface area (Å²) < 4.78 is 29.1. The highest BCUT2D eigenvalue weighted by atomic mass is 35.5. The molecule has 0 heterocycles. The third-order valence-electron chi connectivity index (χ3n) is 7.93. The summed E-state index contributed by atoms with van der Waals surface area (Å²) in [5, 5.41) is 3.57. The van der Waals surface area contributed by atoms with Gasteiger partial charge < -0.3 is 10.2 Å². The van der Waals surface area contributed by atoms with Gasteiger partial charge in [-0.15, -0.1) is 0 Å². The third kappa shape index (κ3) is 7.53. The molecule has 7 nitrogen and oxygen atoms in total. The van der Waals surface area contributed by atoms with Gasteiger partial charge in [0.15, 0.2) is 0 Å². The number of amides is 2. The fourth-order valence-corrected chi connectivity index (χ4v) is 7.12. The second kappa shape index (κ2) is 14.2. The number of carbonyl (C=O) groups is 2. The predicted octanol–water partition coefficient (Wildman–Crippen LogP) is 6.41. The second-order valence-corrected chi connectivity index (χ2v) is 13.3. The monoisotopic (exact) mass is 609 g/mol. The summed E-state index contributed by atoms with van der Waals surface area (Å²) in [5.41, 5.74) is 2.79. The predicted molar refractivity (Wildman–Crippen MR) is 168 cm³/mol. The maximum atomic E-state index is 14.3. The van der Waals surface area contributed by atoms with Crippen LogP contribution in [0.4, 0.5) is 5.69 Å². The average molecular weight is 610 g/mol. The number of hydrogen-bond donors (Lipinski definition) is 1. The van der Waals surface area contributed by atoms with Gasteiger partial charge in [-0.3, -0.25) is 13.9 Å². The van der Waals surface area contributed by atoms with Crippen molar-refractivity contribution in [1.29, 1.82) is 0 Å². The maximum absolute atomic E-state index is 14.3. The zero-order chi connectivity index (χ0) is 30.3. The summed E-state index contributed by atoms with van der Waals surface area (Å²) in [5.74, 6) is -0.679. The van der Waals surface area contributed by atoms with E-state index < -0.39 is 28.5 Å². The normalized spacial score (nSPS) is 14.7. The molecule has 0 bridgehead atoms. The number of hydrogen-bond acceptors (Lipinski definition) is 4. The van der Waals surface area contributed by atoms with E-state index in [0.29, 0.717) is 22.7 Å². The standard InChI is InChI=1S/C33H40ClN3O4S/c1-4-30(33(39)35-27-12-7-5-8-13-27)36(22-26-20-18-24(2)19-21-26)32(38)23-37(31-17-11-16-29(34)25(31)3)42(40,41)28-14-9-6-10-15-28/h6,9-11,14-21,27,30H,4-5,7-8,12-13,22-23H2,1-3H3,(H,35,39)/t30-/m0/s1. The quantitative estimate of drug-likeness (QED) is 0.272. The van der Waals surface area contributed by atoms with Crippen LogP contribution in [0.2, 0.25) is 5.02 Å². The van der Waals surface area contributed by atoms with Crippen molar-refractivity contribution in [2.24, 2.45) is 0 Å². The molecule has 3 aromatic rings. The minimum atomic E-state index is -4.15. The van der Waals surface area contributed by atoms with E-state index in [1.807, 2.05) is 38.1 Å². The molecule has 3 aromatic carbocycles. The van der Waals surface area contributed by atoms with Crippen LogP contribution in [0.15, 0.2) is 77.7 Å². The number of rotatable bonds is 11. The van der Waals surface area contributed by atoms with Gasteiger partial charge in [-0.1, -0.05) is 91.9 Å². The summed E-state index contributed by atoms with van der Waals surface area (Å²) in [7, 11) is -4.15. The molecule has 0 spiro atoms. The fraction of sp³-hybridized carbons (Fsp3) is 0.394. The van der Waals surface area contributed by atoms with Crippen molar-refractivity contribution in [2.75, 3.05) is 10.8 Å².